The van der Waals surface area contributed by atoms with Crippen molar-refractivity contribution in [3.63, 3.8) is 0 Å². The van der Waals surface area contributed by atoms with Gasteiger partial charge in [0.25, 0.3) is 0 Å². The molecule has 2 aromatic rings. The van der Waals surface area contributed by atoms with Crippen molar-refractivity contribution in [3.05, 3.63) is 21.9 Å². The second-order valence-electron chi connectivity index (χ2n) is 3.07. The van der Waals surface area contributed by atoms with Crippen LogP contribution in [0.25, 0.3) is 0 Å². The smallest absolute Gasteiger partial charge is 0.202 e. The van der Waals surface area contributed by atoms with Gasteiger partial charge < -0.3 is 5.32 Å². The van der Waals surface area contributed by atoms with E-state index in [-0.39, 0.29) is 0 Å². The van der Waals surface area contributed by atoms with Gasteiger partial charge in [-0.1, -0.05) is 6.92 Å². The summed E-state index contributed by atoms with van der Waals surface area (Å²) in [6.45, 7) is 4.76. The molecular weight excluding hydrogens is 228 g/mol. The quantitative estimate of drug-likeness (QED) is 0.892. The van der Waals surface area contributed by atoms with Gasteiger partial charge in [-0.05, 0) is 13.3 Å². The fourth-order valence-electron chi connectivity index (χ4n) is 1.11. The Labute approximate surface area is 96.6 Å². The highest BCUT2D eigenvalue weighted by atomic mass is 32.1. The summed E-state index contributed by atoms with van der Waals surface area (Å²) in [5.74, 6) is 0.816. The first-order valence-corrected chi connectivity index (χ1v) is 6.34. The van der Waals surface area contributed by atoms with Crippen molar-refractivity contribution in [1.29, 1.82) is 0 Å². The molecule has 0 fully saturated rings. The molecule has 0 bridgehead atoms. The zero-order chi connectivity index (χ0) is 10.7. The largest absolute Gasteiger partial charge is 0.354 e. The maximum Gasteiger partial charge on any atom is 0.202 e. The van der Waals surface area contributed by atoms with E-state index in [1.54, 1.807) is 11.3 Å². The van der Waals surface area contributed by atoms with Crippen LogP contribution in [0.2, 0.25) is 0 Å². The first-order chi connectivity index (χ1) is 7.28. The van der Waals surface area contributed by atoms with Gasteiger partial charge in [-0.3, -0.25) is 0 Å². The third-order valence-electron chi connectivity index (χ3n) is 1.87. The summed E-state index contributed by atoms with van der Waals surface area (Å²) in [6.07, 6.45) is 2.99. The highest BCUT2D eigenvalue weighted by Crippen LogP contribution is 2.16. The number of thiazole rings is 1. The summed E-state index contributed by atoms with van der Waals surface area (Å²) in [5, 5.41) is 5.17. The molecule has 2 aromatic heterocycles. The van der Waals surface area contributed by atoms with Crippen molar-refractivity contribution < 1.29 is 0 Å². The van der Waals surface area contributed by atoms with Gasteiger partial charge >= 0.3 is 0 Å². The van der Waals surface area contributed by atoms with Crippen LogP contribution < -0.4 is 5.32 Å². The normalized spacial score (nSPS) is 10.5. The van der Waals surface area contributed by atoms with Gasteiger partial charge in [-0.2, -0.15) is 4.37 Å². The highest BCUT2D eigenvalue weighted by molar-refractivity contribution is 7.11. The molecule has 0 unspecified atom stereocenters. The Morgan fingerprint density at radius 2 is 2.33 bits per heavy atom. The molecule has 1 N–H and O–H groups in total. The van der Waals surface area contributed by atoms with E-state index in [9.17, 15) is 0 Å². The van der Waals surface area contributed by atoms with E-state index >= 15 is 0 Å². The Kier molecular flexibility index (Phi) is 3.27. The maximum atomic E-state index is 4.32. The molecule has 2 heterocycles. The molecule has 0 aliphatic heterocycles. The molecule has 0 saturated heterocycles. The molecular formula is C9H12N4S2. The summed E-state index contributed by atoms with van der Waals surface area (Å²) in [7, 11) is 0. The zero-order valence-electron chi connectivity index (χ0n) is 8.65. The summed E-state index contributed by atoms with van der Waals surface area (Å²) < 4.78 is 4.10. The Hall–Kier alpha value is -1.01. The standard InChI is InChI=1S/C9H12N4S2/c1-3-7-4-10-8(14-7)5-11-9-12-6(2)13-15-9/h4H,3,5H2,1-2H3,(H,11,12,13). The van der Waals surface area contributed by atoms with Crippen LogP contribution >= 0.6 is 22.9 Å². The van der Waals surface area contributed by atoms with Crippen LogP contribution in [0.5, 0.6) is 0 Å². The minimum absolute atomic E-state index is 0.735. The van der Waals surface area contributed by atoms with Crippen LogP contribution in [-0.4, -0.2) is 14.3 Å². The summed E-state index contributed by atoms with van der Waals surface area (Å²) in [5.41, 5.74) is 0. The topological polar surface area (TPSA) is 50.7 Å². The lowest BCUT2D eigenvalue weighted by Crippen LogP contribution is -1.97. The molecule has 0 atom stereocenters. The third kappa shape index (κ3) is 2.73. The highest BCUT2D eigenvalue weighted by Gasteiger charge is 2.02. The molecule has 0 aliphatic carbocycles. The zero-order valence-corrected chi connectivity index (χ0v) is 10.3. The van der Waals surface area contributed by atoms with E-state index in [1.807, 2.05) is 13.1 Å². The van der Waals surface area contributed by atoms with Gasteiger partial charge in [-0.15, -0.1) is 11.3 Å². The minimum Gasteiger partial charge on any atom is -0.354 e. The number of hydrogen-bond acceptors (Lipinski definition) is 6. The molecule has 6 heteroatoms. The third-order valence-corrected chi connectivity index (χ3v) is 3.77. The van der Waals surface area contributed by atoms with E-state index < -0.39 is 0 Å². The summed E-state index contributed by atoms with van der Waals surface area (Å²) in [4.78, 5) is 9.87. The van der Waals surface area contributed by atoms with Gasteiger partial charge in [0, 0.05) is 22.6 Å². The molecule has 0 amide bonds. The average Bonchev–Trinajstić information content (AvgIpc) is 2.83. The number of rotatable bonds is 4. The molecule has 2 rings (SSSR count). The second-order valence-corrected chi connectivity index (χ2v) is 5.03. The average molecular weight is 240 g/mol. The van der Waals surface area contributed by atoms with Crippen molar-refractivity contribution in [3.8, 4) is 0 Å². The summed E-state index contributed by atoms with van der Waals surface area (Å²) in [6, 6.07) is 0. The van der Waals surface area contributed by atoms with E-state index in [0.29, 0.717) is 0 Å². The molecule has 0 saturated carbocycles. The molecule has 0 aromatic carbocycles. The maximum absolute atomic E-state index is 4.32. The molecule has 0 aliphatic rings. The molecule has 0 spiro atoms. The Bertz CT molecular complexity index is 435. The number of aryl methyl sites for hydroxylation is 2. The second kappa shape index (κ2) is 4.67. The fraction of sp³-hybridized carbons (Fsp3) is 0.444. The van der Waals surface area contributed by atoms with Gasteiger partial charge in [0.2, 0.25) is 5.13 Å². The van der Waals surface area contributed by atoms with Crippen LogP contribution in [-0.2, 0) is 13.0 Å². The van der Waals surface area contributed by atoms with Crippen molar-refractivity contribution in [2.24, 2.45) is 0 Å². The van der Waals surface area contributed by atoms with Crippen LogP contribution in [0.1, 0.15) is 22.6 Å². The lowest BCUT2D eigenvalue weighted by Gasteiger charge is -1.96. The Morgan fingerprint density at radius 3 is 2.93 bits per heavy atom. The first-order valence-electron chi connectivity index (χ1n) is 4.75. The van der Waals surface area contributed by atoms with Crippen molar-refractivity contribution in [2.75, 3.05) is 5.32 Å². The lowest BCUT2D eigenvalue weighted by atomic mass is 10.4. The van der Waals surface area contributed by atoms with Crippen LogP contribution in [0.15, 0.2) is 6.20 Å². The van der Waals surface area contributed by atoms with Crippen LogP contribution in [0.3, 0.4) is 0 Å². The predicted octanol–water partition coefficient (Wildman–Crippen LogP) is 2.48. The SMILES string of the molecule is CCc1cnc(CNc2nc(C)ns2)s1. The van der Waals surface area contributed by atoms with Gasteiger partial charge in [-0.25, -0.2) is 9.97 Å². The van der Waals surface area contributed by atoms with Crippen LogP contribution in [0, 0.1) is 6.92 Å². The van der Waals surface area contributed by atoms with E-state index in [1.165, 1.54) is 16.4 Å². The number of nitrogens with one attached hydrogen (secondary N) is 1. The van der Waals surface area contributed by atoms with Gasteiger partial charge in [0.15, 0.2) is 0 Å². The van der Waals surface area contributed by atoms with E-state index in [2.05, 4.69) is 26.6 Å². The summed E-state index contributed by atoms with van der Waals surface area (Å²) >= 11 is 3.13. The van der Waals surface area contributed by atoms with Gasteiger partial charge in [0.1, 0.15) is 10.8 Å². The fourth-order valence-corrected chi connectivity index (χ4v) is 2.48. The monoisotopic (exact) mass is 240 g/mol. The van der Waals surface area contributed by atoms with E-state index in [4.69, 9.17) is 0 Å². The minimum atomic E-state index is 0.735. The molecule has 4 nitrogen and oxygen atoms in total. The van der Waals surface area contributed by atoms with Crippen LogP contribution in [0.4, 0.5) is 5.13 Å². The molecule has 15 heavy (non-hydrogen) atoms. The van der Waals surface area contributed by atoms with Crippen molar-refractivity contribution >= 4 is 28.0 Å². The van der Waals surface area contributed by atoms with Crippen molar-refractivity contribution in [2.45, 2.75) is 26.8 Å². The lowest BCUT2D eigenvalue weighted by molar-refractivity contribution is 1.07. The van der Waals surface area contributed by atoms with Crippen molar-refractivity contribution in [1.82, 2.24) is 14.3 Å². The predicted molar refractivity (Wildman–Crippen MR) is 63.5 cm³/mol. The first kappa shape index (κ1) is 10.5. The number of nitrogens with zero attached hydrogens (tertiary/aromatic N) is 3. The van der Waals surface area contributed by atoms with E-state index in [0.717, 1.165) is 28.9 Å². The van der Waals surface area contributed by atoms with Gasteiger partial charge in [0.05, 0.1) is 6.54 Å². The number of anilines is 1. The Morgan fingerprint density at radius 1 is 1.47 bits per heavy atom. The number of hydrogen-bond donors (Lipinski definition) is 1. The molecule has 80 valence electrons. The number of aromatic nitrogens is 3. The Balaban J connectivity index is 1.93. The molecule has 0 radical (unpaired) electrons.